The number of benzene rings is 1. The Labute approximate surface area is 153 Å². The summed E-state index contributed by atoms with van der Waals surface area (Å²) in [6.45, 7) is 8.31. The molecule has 3 aromatic rings. The summed E-state index contributed by atoms with van der Waals surface area (Å²) in [7, 11) is 1.75. The van der Waals surface area contributed by atoms with E-state index in [1.165, 1.54) is 0 Å². The summed E-state index contributed by atoms with van der Waals surface area (Å²) in [5.74, 6) is 1.02. The van der Waals surface area contributed by atoms with Crippen LogP contribution in [0.25, 0.3) is 5.69 Å². The number of aryl methyl sites for hydroxylation is 4. The molecule has 0 atom stereocenters. The molecule has 0 unspecified atom stereocenters. The fourth-order valence-corrected chi connectivity index (χ4v) is 3.04. The molecule has 6 heteroatoms. The molecule has 2 aromatic heterocycles. The van der Waals surface area contributed by atoms with E-state index in [2.05, 4.69) is 26.8 Å². The van der Waals surface area contributed by atoms with Gasteiger partial charge in [0.1, 0.15) is 0 Å². The second-order valence-electron chi connectivity index (χ2n) is 6.59. The average Bonchev–Trinajstić information content (AvgIpc) is 3.21. The third-order valence-electron chi connectivity index (χ3n) is 4.44. The summed E-state index contributed by atoms with van der Waals surface area (Å²) in [6, 6.07) is 10.1. The van der Waals surface area contributed by atoms with Crippen molar-refractivity contribution in [2.24, 2.45) is 0 Å². The Balaban J connectivity index is 1.94. The molecular formula is C20H24N4O2. The second kappa shape index (κ2) is 7.15. The Morgan fingerprint density at radius 3 is 2.46 bits per heavy atom. The molecule has 0 aliphatic carbocycles. The number of hydrogen-bond donors (Lipinski definition) is 0. The molecule has 0 aliphatic rings. The second-order valence-corrected chi connectivity index (χ2v) is 6.59. The topological polar surface area (TPSA) is 64.2 Å². The molecule has 1 aromatic carbocycles. The van der Waals surface area contributed by atoms with Gasteiger partial charge >= 0.3 is 0 Å². The van der Waals surface area contributed by atoms with Crippen LogP contribution < -0.4 is 0 Å². The zero-order chi connectivity index (χ0) is 18.8. The lowest BCUT2D eigenvalue weighted by Crippen LogP contribution is -2.27. The zero-order valence-electron chi connectivity index (χ0n) is 15.9. The lowest BCUT2D eigenvalue weighted by Gasteiger charge is -2.20. The Kier molecular flexibility index (Phi) is 4.93. The Morgan fingerprint density at radius 1 is 1.15 bits per heavy atom. The molecule has 0 bridgehead atoms. The van der Waals surface area contributed by atoms with Crippen molar-refractivity contribution < 1.29 is 9.32 Å². The van der Waals surface area contributed by atoms with Crippen LogP contribution in [0, 0.1) is 20.8 Å². The summed E-state index contributed by atoms with van der Waals surface area (Å²) in [4.78, 5) is 19.0. The van der Waals surface area contributed by atoms with Crippen molar-refractivity contribution >= 4 is 5.91 Å². The normalized spacial score (nSPS) is 11.0. The van der Waals surface area contributed by atoms with Crippen molar-refractivity contribution in [3.8, 4) is 5.69 Å². The standard InChI is InChI=1S/C20H24N4O2/c1-6-18-21-19(26-22-18)12-23(5)20(25)16-11-13(2)7-10-17(16)24-14(3)8-9-15(24)4/h7-11H,6,12H2,1-5H3. The largest absolute Gasteiger partial charge is 0.337 e. The minimum Gasteiger partial charge on any atom is -0.337 e. The minimum atomic E-state index is -0.0764. The van der Waals surface area contributed by atoms with Gasteiger partial charge in [0.05, 0.1) is 17.8 Å². The van der Waals surface area contributed by atoms with Gasteiger partial charge in [-0.1, -0.05) is 23.7 Å². The Hall–Kier alpha value is -2.89. The highest BCUT2D eigenvalue weighted by molar-refractivity contribution is 5.98. The van der Waals surface area contributed by atoms with Gasteiger partial charge in [-0.3, -0.25) is 4.79 Å². The van der Waals surface area contributed by atoms with E-state index in [0.717, 1.165) is 22.6 Å². The quantitative estimate of drug-likeness (QED) is 0.703. The molecular weight excluding hydrogens is 328 g/mol. The minimum absolute atomic E-state index is 0.0764. The van der Waals surface area contributed by atoms with Crippen LogP contribution in [0.3, 0.4) is 0 Å². The predicted octanol–water partition coefficient (Wildman–Crippen LogP) is 3.62. The molecule has 0 radical (unpaired) electrons. The maximum absolute atomic E-state index is 13.1. The molecule has 0 N–H and O–H groups in total. The Bertz CT molecular complexity index is 920. The van der Waals surface area contributed by atoms with E-state index in [1.807, 2.05) is 45.9 Å². The first-order chi connectivity index (χ1) is 12.4. The molecule has 0 spiro atoms. The molecule has 0 saturated carbocycles. The van der Waals surface area contributed by atoms with Crippen LogP contribution in [0.4, 0.5) is 0 Å². The molecule has 0 fully saturated rings. The van der Waals surface area contributed by atoms with Gasteiger partial charge in [-0.2, -0.15) is 4.98 Å². The number of hydrogen-bond acceptors (Lipinski definition) is 4. The van der Waals surface area contributed by atoms with Crippen molar-refractivity contribution in [2.75, 3.05) is 7.05 Å². The SMILES string of the molecule is CCc1noc(CN(C)C(=O)c2cc(C)ccc2-n2c(C)ccc2C)n1. The van der Waals surface area contributed by atoms with Crippen LogP contribution in [0.2, 0.25) is 0 Å². The van der Waals surface area contributed by atoms with Gasteiger partial charge in [0.2, 0.25) is 5.89 Å². The van der Waals surface area contributed by atoms with Gasteiger partial charge in [0.25, 0.3) is 5.91 Å². The van der Waals surface area contributed by atoms with Gasteiger partial charge in [-0.25, -0.2) is 0 Å². The molecule has 1 amide bonds. The maximum atomic E-state index is 13.1. The van der Waals surface area contributed by atoms with E-state index < -0.39 is 0 Å². The molecule has 2 heterocycles. The fraction of sp³-hybridized carbons (Fsp3) is 0.350. The molecule has 26 heavy (non-hydrogen) atoms. The van der Waals surface area contributed by atoms with Gasteiger partial charge in [-0.05, 0) is 45.0 Å². The number of rotatable bonds is 5. The van der Waals surface area contributed by atoms with Gasteiger partial charge in [-0.15, -0.1) is 0 Å². The third-order valence-corrected chi connectivity index (χ3v) is 4.44. The first kappa shape index (κ1) is 17.9. The molecule has 3 rings (SSSR count). The highest BCUT2D eigenvalue weighted by atomic mass is 16.5. The van der Waals surface area contributed by atoms with E-state index in [1.54, 1.807) is 11.9 Å². The van der Waals surface area contributed by atoms with Crippen LogP contribution in [0.5, 0.6) is 0 Å². The van der Waals surface area contributed by atoms with E-state index in [9.17, 15) is 4.79 Å². The maximum Gasteiger partial charge on any atom is 0.256 e. The van der Waals surface area contributed by atoms with Crippen molar-refractivity contribution in [2.45, 2.75) is 40.7 Å². The van der Waals surface area contributed by atoms with Crippen LogP contribution >= 0.6 is 0 Å². The molecule has 136 valence electrons. The lowest BCUT2D eigenvalue weighted by molar-refractivity contribution is 0.0769. The third kappa shape index (κ3) is 3.40. The summed E-state index contributed by atoms with van der Waals surface area (Å²) < 4.78 is 7.32. The summed E-state index contributed by atoms with van der Waals surface area (Å²) in [6.07, 6.45) is 0.704. The zero-order valence-corrected chi connectivity index (χ0v) is 15.9. The Morgan fingerprint density at radius 2 is 1.85 bits per heavy atom. The summed E-state index contributed by atoms with van der Waals surface area (Å²) in [5, 5.41) is 3.89. The number of carbonyl (C=O) groups excluding carboxylic acids is 1. The van der Waals surface area contributed by atoms with Crippen molar-refractivity contribution in [1.82, 2.24) is 19.6 Å². The van der Waals surface area contributed by atoms with E-state index in [0.29, 0.717) is 23.7 Å². The number of nitrogens with zero attached hydrogens (tertiary/aromatic N) is 4. The van der Waals surface area contributed by atoms with Crippen molar-refractivity contribution in [3.05, 3.63) is 64.6 Å². The molecule has 0 saturated heterocycles. The monoisotopic (exact) mass is 352 g/mol. The van der Waals surface area contributed by atoms with Crippen LogP contribution in [-0.4, -0.2) is 32.6 Å². The van der Waals surface area contributed by atoms with Gasteiger partial charge in [0, 0.05) is 24.9 Å². The highest BCUT2D eigenvalue weighted by Gasteiger charge is 2.20. The molecule has 0 aliphatic heterocycles. The molecule has 6 nitrogen and oxygen atoms in total. The lowest BCUT2D eigenvalue weighted by atomic mass is 10.1. The smallest absolute Gasteiger partial charge is 0.256 e. The van der Waals surface area contributed by atoms with E-state index in [4.69, 9.17) is 4.52 Å². The van der Waals surface area contributed by atoms with Gasteiger partial charge in [0.15, 0.2) is 5.82 Å². The van der Waals surface area contributed by atoms with Gasteiger partial charge < -0.3 is 14.0 Å². The fourth-order valence-electron chi connectivity index (χ4n) is 3.04. The number of carbonyl (C=O) groups is 1. The summed E-state index contributed by atoms with van der Waals surface area (Å²) >= 11 is 0. The van der Waals surface area contributed by atoms with Crippen molar-refractivity contribution in [3.63, 3.8) is 0 Å². The first-order valence-corrected chi connectivity index (χ1v) is 8.73. The number of aromatic nitrogens is 3. The highest BCUT2D eigenvalue weighted by Crippen LogP contribution is 2.23. The van der Waals surface area contributed by atoms with Crippen LogP contribution in [0.15, 0.2) is 34.9 Å². The number of amides is 1. The van der Waals surface area contributed by atoms with Crippen LogP contribution in [-0.2, 0) is 13.0 Å². The van der Waals surface area contributed by atoms with E-state index in [-0.39, 0.29) is 12.5 Å². The van der Waals surface area contributed by atoms with Crippen LogP contribution in [0.1, 0.15) is 45.9 Å². The van der Waals surface area contributed by atoms with Crippen molar-refractivity contribution in [1.29, 1.82) is 0 Å². The average molecular weight is 352 g/mol. The first-order valence-electron chi connectivity index (χ1n) is 8.73. The predicted molar refractivity (Wildman–Crippen MR) is 99.5 cm³/mol. The summed E-state index contributed by atoms with van der Waals surface area (Å²) in [5.41, 5.74) is 4.76. The van der Waals surface area contributed by atoms with E-state index >= 15 is 0 Å².